The molecule has 2 aromatic heterocycles. The van der Waals surface area contributed by atoms with Crippen LogP contribution in [0.3, 0.4) is 0 Å². The highest BCUT2D eigenvalue weighted by molar-refractivity contribution is 7.99. The molecule has 0 fully saturated rings. The highest BCUT2D eigenvalue weighted by Crippen LogP contribution is 2.17. The van der Waals surface area contributed by atoms with Gasteiger partial charge in [0.15, 0.2) is 11.6 Å². The number of hydrogen-bond donors (Lipinski definition) is 2. The van der Waals surface area contributed by atoms with Gasteiger partial charge in [0.2, 0.25) is 11.1 Å². The number of H-pyrrole nitrogens is 1. The number of thioether (sulfide) groups is 1. The maximum Gasteiger partial charge on any atom is 0.234 e. The van der Waals surface area contributed by atoms with E-state index in [4.69, 9.17) is 0 Å². The molecule has 2 N–H and O–H groups in total. The highest BCUT2D eigenvalue weighted by Gasteiger charge is 2.10. The topological polar surface area (TPSA) is 70.7 Å². The molecule has 3 aromatic rings. The lowest BCUT2D eigenvalue weighted by Crippen LogP contribution is -2.14. The predicted octanol–water partition coefficient (Wildman–Crippen LogP) is 3.47. The number of halogens is 2. The molecule has 1 amide bonds. The van der Waals surface area contributed by atoms with E-state index in [2.05, 4.69) is 20.5 Å². The van der Waals surface area contributed by atoms with Crippen LogP contribution in [0.5, 0.6) is 0 Å². The Labute approximate surface area is 144 Å². The van der Waals surface area contributed by atoms with Gasteiger partial charge >= 0.3 is 0 Å². The number of aromatic amines is 1. The number of hydrogen-bond acceptors (Lipinski definition) is 5. The lowest BCUT2D eigenvalue weighted by molar-refractivity contribution is -0.113. The van der Waals surface area contributed by atoms with Crippen molar-refractivity contribution in [3.63, 3.8) is 0 Å². The molecule has 0 atom stereocenters. The van der Waals surface area contributed by atoms with Crippen LogP contribution in [0.25, 0.3) is 0 Å². The first-order valence-electron chi connectivity index (χ1n) is 6.91. The number of carbonyl (C=O) groups excluding carboxylic acids is 1. The molecule has 0 radical (unpaired) electrons. The Morgan fingerprint density at radius 3 is 2.92 bits per heavy atom. The average molecular weight is 366 g/mol. The van der Waals surface area contributed by atoms with Crippen molar-refractivity contribution in [1.29, 1.82) is 0 Å². The fraction of sp³-hybridized carbons (Fsp3) is 0.133. The molecular weight excluding hydrogens is 354 g/mol. The first kappa shape index (κ1) is 16.6. The Hall–Kier alpha value is -2.26. The fourth-order valence-corrected chi connectivity index (χ4v) is 3.23. The normalized spacial score (nSPS) is 10.8. The summed E-state index contributed by atoms with van der Waals surface area (Å²) in [7, 11) is 0. The first-order chi connectivity index (χ1) is 11.6. The van der Waals surface area contributed by atoms with Gasteiger partial charge in [0, 0.05) is 23.1 Å². The Balaban J connectivity index is 1.51. The molecule has 0 aliphatic heterocycles. The molecule has 0 unspecified atom stereocenters. The number of nitrogens with one attached hydrogen (secondary N) is 2. The molecule has 5 nitrogen and oxygen atoms in total. The Kier molecular flexibility index (Phi) is 5.21. The zero-order valence-electron chi connectivity index (χ0n) is 12.3. The van der Waals surface area contributed by atoms with E-state index < -0.39 is 11.6 Å². The van der Waals surface area contributed by atoms with Gasteiger partial charge in [0.1, 0.15) is 5.82 Å². The minimum Gasteiger partial charge on any atom is -0.325 e. The van der Waals surface area contributed by atoms with Gasteiger partial charge in [-0.05, 0) is 23.6 Å². The van der Waals surface area contributed by atoms with E-state index in [9.17, 15) is 13.6 Å². The summed E-state index contributed by atoms with van der Waals surface area (Å²) in [5.41, 5.74) is 0.202. The molecule has 0 bridgehead atoms. The van der Waals surface area contributed by atoms with Crippen molar-refractivity contribution in [2.45, 2.75) is 11.6 Å². The predicted molar refractivity (Wildman–Crippen MR) is 89.2 cm³/mol. The molecule has 3 rings (SSSR count). The maximum absolute atomic E-state index is 13.1. The molecule has 0 saturated heterocycles. The van der Waals surface area contributed by atoms with E-state index in [1.807, 2.05) is 17.5 Å². The summed E-state index contributed by atoms with van der Waals surface area (Å²) in [6.45, 7) is 0. The molecule has 9 heteroatoms. The van der Waals surface area contributed by atoms with Crippen molar-refractivity contribution in [2.24, 2.45) is 0 Å². The number of rotatable bonds is 6. The zero-order chi connectivity index (χ0) is 16.9. The van der Waals surface area contributed by atoms with Crippen LogP contribution in [-0.2, 0) is 11.2 Å². The van der Waals surface area contributed by atoms with Crippen molar-refractivity contribution in [3.8, 4) is 0 Å². The third-order valence-electron chi connectivity index (χ3n) is 2.97. The Morgan fingerprint density at radius 2 is 2.17 bits per heavy atom. The van der Waals surface area contributed by atoms with E-state index in [1.165, 1.54) is 10.9 Å². The number of carbonyl (C=O) groups is 1. The number of benzene rings is 1. The smallest absolute Gasteiger partial charge is 0.234 e. The van der Waals surface area contributed by atoms with Gasteiger partial charge in [-0.15, -0.1) is 16.4 Å². The van der Waals surface area contributed by atoms with Gasteiger partial charge in [0.05, 0.1) is 5.75 Å². The molecule has 24 heavy (non-hydrogen) atoms. The van der Waals surface area contributed by atoms with Crippen molar-refractivity contribution < 1.29 is 13.6 Å². The summed E-state index contributed by atoms with van der Waals surface area (Å²) in [5, 5.41) is 11.8. The lowest BCUT2D eigenvalue weighted by atomic mass is 10.3. The molecule has 2 heterocycles. The van der Waals surface area contributed by atoms with Gasteiger partial charge in [-0.1, -0.05) is 17.8 Å². The van der Waals surface area contributed by atoms with Gasteiger partial charge in [-0.25, -0.2) is 13.8 Å². The first-order valence-corrected chi connectivity index (χ1v) is 8.78. The fourth-order valence-electron chi connectivity index (χ4n) is 1.90. The van der Waals surface area contributed by atoms with Crippen LogP contribution < -0.4 is 5.32 Å². The van der Waals surface area contributed by atoms with Gasteiger partial charge < -0.3 is 5.32 Å². The lowest BCUT2D eigenvalue weighted by Gasteiger charge is -2.04. The molecule has 0 aliphatic carbocycles. The van der Waals surface area contributed by atoms with Crippen LogP contribution in [0.2, 0.25) is 0 Å². The summed E-state index contributed by atoms with van der Waals surface area (Å²) in [6.07, 6.45) is 0.659. The van der Waals surface area contributed by atoms with E-state index >= 15 is 0 Å². The average Bonchev–Trinajstić information content (AvgIpc) is 3.21. The minimum atomic E-state index is -1.01. The van der Waals surface area contributed by atoms with E-state index in [-0.39, 0.29) is 17.3 Å². The Morgan fingerprint density at radius 1 is 1.29 bits per heavy atom. The monoisotopic (exact) mass is 366 g/mol. The van der Waals surface area contributed by atoms with Crippen LogP contribution in [0.4, 0.5) is 14.5 Å². The molecule has 0 saturated carbocycles. The molecule has 1 aromatic carbocycles. The summed E-state index contributed by atoms with van der Waals surface area (Å²) in [4.78, 5) is 17.3. The van der Waals surface area contributed by atoms with Crippen LogP contribution in [0.1, 0.15) is 10.7 Å². The molecule has 124 valence electrons. The number of anilines is 1. The highest BCUT2D eigenvalue weighted by atomic mass is 32.2. The number of aromatic nitrogens is 3. The maximum atomic E-state index is 13.1. The third-order valence-corrected chi connectivity index (χ3v) is 4.69. The third kappa shape index (κ3) is 4.39. The van der Waals surface area contributed by atoms with Crippen LogP contribution >= 0.6 is 23.1 Å². The van der Waals surface area contributed by atoms with Gasteiger partial charge in [-0.2, -0.15) is 0 Å². The van der Waals surface area contributed by atoms with E-state index in [0.717, 1.165) is 29.7 Å². The second kappa shape index (κ2) is 7.54. The summed E-state index contributed by atoms with van der Waals surface area (Å²) in [5.74, 6) is -1.53. The summed E-state index contributed by atoms with van der Waals surface area (Å²) < 4.78 is 25.9. The summed E-state index contributed by atoms with van der Waals surface area (Å²) in [6, 6.07) is 7.17. The van der Waals surface area contributed by atoms with Gasteiger partial charge in [0.25, 0.3) is 0 Å². The number of amides is 1. The van der Waals surface area contributed by atoms with Crippen molar-refractivity contribution in [1.82, 2.24) is 15.2 Å². The van der Waals surface area contributed by atoms with Crippen molar-refractivity contribution >= 4 is 34.7 Å². The van der Waals surface area contributed by atoms with Crippen LogP contribution in [0.15, 0.2) is 40.9 Å². The molecule has 0 spiro atoms. The van der Waals surface area contributed by atoms with Gasteiger partial charge in [-0.3, -0.25) is 9.89 Å². The second-order valence-electron chi connectivity index (χ2n) is 4.79. The largest absolute Gasteiger partial charge is 0.325 e. The number of thiophene rings is 1. The van der Waals surface area contributed by atoms with Crippen molar-refractivity contribution in [2.75, 3.05) is 11.1 Å². The van der Waals surface area contributed by atoms with Crippen LogP contribution in [-0.4, -0.2) is 26.8 Å². The quantitative estimate of drug-likeness (QED) is 0.656. The molecular formula is C15H12F2N4OS2. The second-order valence-corrected chi connectivity index (χ2v) is 6.76. The standard InChI is InChI=1S/C15H12F2N4OS2/c16-11-4-3-9(6-12(11)17)18-14(22)8-24-15-19-13(20-21-15)7-10-2-1-5-23-10/h1-6H,7-8H2,(H,18,22)(H,19,20,21). The van der Waals surface area contributed by atoms with E-state index in [0.29, 0.717) is 11.6 Å². The number of nitrogens with zero attached hydrogens (tertiary/aromatic N) is 2. The molecule has 0 aliphatic rings. The Bertz CT molecular complexity index is 836. The zero-order valence-corrected chi connectivity index (χ0v) is 13.9. The van der Waals surface area contributed by atoms with Crippen molar-refractivity contribution in [3.05, 3.63) is 58.0 Å². The van der Waals surface area contributed by atoms with E-state index in [1.54, 1.807) is 11.3 Å². The summed E-state index contributed by atoms with van der Waals surface area (Å²) >= 11 is 2.79. The SMILES string of the molecule is O=C(CSc1n[nH]c(Cc2cccs2)n1)Nc1ccc(F)c(F)c1. The minimum absolute atomic E-state index is 0.0648. The van der Waals surface area contributed by atoms with Crippen LogP contribution in [0, 0.1) is 11.6 Å².